The molecule has 0 atom stereocenters. The van der Waals surface area contributed by atoms with Crippen LogP contribution in [0.2, 0.25) is 0 Å². The largest absolute Gasteiger partial charge is 0.465 e. The lowest BCUT2D eigenvalue weighted by atomic mass is 10.0. The number of benzene rings is 1. The van der Waals surface area contributed by atoms with E-state index in [4.69, 9.17) is 0 Å². The predicted octanol–water partition coefficient (Wildman–Crippen LogP) is 2.51. The normalized spacial score (nSPS) is 11.4. The molecule has 0 heterocycles. The van der Waals surface area contributed by atoms with Crippen LogP contribution in [0.3, 0.4) is 0 Å². The molecule has 4 nitrogen and oxygen atoms in total. The maximum atomic E-state index is 12.8. The molecule has 0 unspecified atom stereocenters. The number of carboxylic acid groups (broad SMARTS) is 1. The summed E-state index contributed by atoms with van der Waals surface area (Å²) >= 11 is 0. The van der Waals surface area contributed by atoms with Crippen molar-refractivity contribution in [2.24, 2.45) is 0 Å². The third-order valence-corrected chi connectivity index (χ3v) is 2.75. The molecule has 1 aromatic carbocycles. The summed E-state index contributed by atoms with van der Waals surface area (Å²) in [4.78, 5) is 12.6. The second-order valence-corrected chi connectivity index (χ2v) is 5.08. The predicted molar refractivity (Wildman–Crippen MR) is 72.3 cm³/mol. The van der Waals surface area contributed by atoms with E-state index in [0.717, 1.165) is 5.56 Å². The summed E-state index contributed by atoms with van der Waals surface area (Å²) in [6, 6.07) is 5.84. The standard InChI is InChI=1S/C14H20FN2O2/c1-4-16-14(2,3)10-17(13(18)19)9-11-5-7-12(15)8-6-11/h5-8,16H,1,4,9-10H2,2-3H3,(H,18,19). The molecule has 1 amide bonds. The minimum Gasteiger partial charge on any atom is -0.465 e. The van der Waals surface area contributed by atoms with E-state index in [9.17, 15) is 14.3 Å². The number of nitrogens with zero attached hydrogens (tertiary/aromatic N) is 1. The van der Waals surface area contributed by atoms with E-state index in [1.54, 1.807) is 12.1 Å². The van der Waals surface area contributed by atoms with Gasteiger partial charge in [-0.3, -0.25) is 0 Å². The molecule has 1 aromatic rings. The summed E-state index contributed by atoms with van der Waals surface area (Å²) in [6.07, 6.45) is -0.997. The molecule has 0 fully saturated rings. The first-order chi connectivity index (χ1) is 8.84. The fourth-order valence-corrected chi connectivity index (χ4v) is 1.87. The smallest absolute Gasteiger partial charge is 0.407 e. The topological polar surface area (TPSA) is 52.6 Å². The lowest BCUT2D eigenvalue weighted by molar-refractivity contribution is 0.127. The molecule has 1 radical (unpaired) electrons. The Kier molecular flexibility index (Phi) is 5.30. The van der Waals surface area contributed by atoms with Crippen LogP contribution in [0.5, 0.6) is 0 Å². The van der Waals surface area contributed by atoms with Crippen molar-refractivity contribution in [2.75, 3.05) is 13.1 Å². The Balaban J connectivity index is 2.73. The van der Waals surface area contributed by atoms with Crippen molar-refractivity contribution in [3.63, 3.8) is 0 Å². The number of halogens is 1. The van der Waals surface area contributed by atoms with Crippen LogP contribution in [0.25, 0.3) is 0 Å². The van der Waals surface area contributed by atoms with Gasteiger partial charge >= 0.3 is 6.09 Å². The Morgan fingerprint density at radius 2 is 2.00 bits per heavy atom. The second kappa shape index (κ2) is 6.52. The Labute approximate surface area is 113 Å². The molecule has 19 heavy (non-hydrogen) atoms. The zero-order valence-corrected chi connectivity index (χ0v) is 11.3. The Morgan fingerprint density at radius 1 is 1.42 bits per heavy atom. The second-order valence-electron chi connectivity index (χ2n) is 5.08. The van der Waals surface area contributed by atoms with E-state index in [2.05, 4.69) is 12.2 Å². The van der Waals surface area contributed by atoms with E-state index in [1.165, 1.54) is 17.0 Å². The maximum absolute atomic E-state index is 12.8. The van der Waals surface area contributed by atoms with Crippen LogP contribution in [0.1, 0.15) is 19.4 Å². The number of nitrogens with one attached hydrogen (secondary N) is 1. The van der Waals surface area contributed by atoms with E-state index < -0.39 is 6.09 Å². The van der Waals surface area contributed by atoms with Gasteiger partial charge in [0.25, 0.3) is 0 Å². The summed E-state index contributed by atoms with van der Waals surface area (Å²) in [5.41, 5.74) is 0.398. The van der Waals surface area contributed by atoms with Gasteiger partial charge in [0.2, 0.25) is 0 Å². The summed E-state index contributed by atoms with van der Waals surface area (Å²) in [7, 11) is 0. The van der Waals surface area contributed by atoms with Crippen molar-refractivity contribution in [1.82, 2.24) is 10.2 Å². The first kappa shape index (κ1) is 15.4. The van der Waals surface area contributed by atoms with E-state index in [-0.39, 0.29) is 17.9 Å². The molecule has 105 valence electrons. The fourth-order valence-electron chi connectivity index (χ4n) is 1.87. The molecule has 1 rings (SSSR count). The van der Waals surface area contributed by atoms with Crippen molar-refractivity contribution in [3.05, 3.63) is 42.6 Å². The van der Waals surface area contributed by atoms with Crippen LogP contribution in [0.15, 0.2) is 24.3 Å². The van der Waals surface area contributed by atoms with Crippen LogP contribution in [0, 0.1) is 12.7 Å². The molecule has 5 heteroatoms. The van der Waals surface area contributed by atoms with Crippen LogP contribution < -0.4 is 5.32 Å². The molecule has 0 aliphatic heterocycles. The highest BCUT2D eigenvalue weighted by Crippen LogP contribution is 2.11. The lowest BCUT2D eigenvalue weighted by Crippen LogP contribution is -2.50. The summed E-state index contributed by atoms with van der Waals surface area (Å²) in [6.45, 7) is 8.62. The van der Waals surface area contributed by atoms with E-state index >= 15 is 0 Å². The summed E-state index contributed by atoms with van der Waals surface area (Å²) < 4.78 is 12.8. The van der Waals surface area contributed by atoms with Crippen LogP contribution in [-0.4, -0.2) is 34.7 Å². The number of hydrogen-bond donors (Lipinski definition) is 2. The average Bonchev–Trinajstić information content (AvgIpc) is 2.30. The van der Waals surface area contributed by atoms with Crippen molar-refractivity contribution < 1.29 is 14.3 Å². The van der Waals surface area contributed by atoms with Crippen molar-refractivity contribution in [3.8, 4) is 0 Å². The Morgan fingerprint density at radius 3 is 2.47 bits per heavy atom. The quantitative estimate of drug-likeness (QED) is 0.832. The van der Waals surface area contributed by atoms with Gasteiger partial charge in [-0.25, -0.2) is 9.18 Å². The third kappa shape index (κ3) is 5.26. The van der Waals surface area contributed by atoms with Gasteiger partial charge < -0.3 is 15.3 Å². The maximum Gasteiger partial charge on any atom is 0.407 e. The number of rotatable bonds is 6. The zero-order chi connectivity index (χ0) is 14.5. The average molecular weight is 267 g/mol. The van der Waals surface area contributed by atoms with Crippen molar-refractivity contribution in [1.29, 1.82) is 0 Å². The first-order valence-corrected chi connectivity index (χ1v) is 6.10. The van der Waals surface area contributed by atoms with Crippen LogP contribution in [0.4, 0.5) is 9.18 Å². The highest BCUT2D eigenvalue weighted by molar-refractivity contribution is 5.65. The molecule has 2 N–H and O–H groups in total. The number of carbonyl (C=O) groups is 1. The third-order valence-electron chi connectivity index (χ3n) is 2.75. The van der Waals surface area contributed by atoms with Gasteiger partial charge in [0.15, 0.2) is 0 Å². The van der Waals surface area contributed by atoms with Crippen molar-refractivity contribution in [2.45, 2.75) is 25.9 Å². The minimum atomic E-state index is -0.997. The monoisotopic (exact) mass is 267 g/mol. The molecule has 0 aliphatic carbocycles. The van der Waals surface area contributed by atoms with E-state index in [1.807, 2.05) is 13.8 Å². The van der Waals surface area contributed by atoms with E-state index in [0.29, 0.717) is 13.1 Å². The van der Waals surface area contributed by atoms with Gasteiger partial charge in [-0.2, -0.15) is 0 Å². The van der Waals surface area contributed by atoms with Gasteiger partial charge in [-0.05, 0) is 45.0 Å². The molecular formula is C14H20FN2O2. The van der Waals surface area contributed by atoms with Crippen LogP contribution in [-0.2, 0) is 6.54 Å². The zero-order valence-electron chi connectivity index (χ0n) is 11.3. The summed E-state index contributed by atoms with van der Waals surface area (Å²) in [5.74, 6) is -0.329. The molecular weight excluding hydrogens is 247 g/mol. The SMILES string of the molecule is [CH2]CNC(C)(C)CN(Cc1ccc(F)cc1)C(=O)O. The molecule has 0 bridgehead atoms. The van der Waals surface area contributed by atoms with Crippen LogP contribution >= 0.6 is 0 Å². The van der Waals surface area contributed by atoms with Gasteiger partial charge in [-0.1, -0.05) is 12.1 Å². The molecule has 0 saturated carbocycles. The minimum absolute atomic E-state index is 0.234. The highest BCUT2D eigenvalue weighted by atomic mass is 19.1. The fraction of sp³-hybridized carbons (Fsp3) is 0.429. The Bertz CT molecular complexity index is 418. The van der Waals surface area contributed by atoms with Crippen molar-refractivity contribution >= 4 is 6.09 Å². The van der Waals surface area contributed by atoms with Gasteiger partial charge in [0.1, 0.15) is 5.82 Å². The van der Waals surface area contributed by atoms with Gasteiger partial charge in [0, 0.05) is 18.6 Å². The molecule has 0 saturated heterocycles. The summed E-state index contributed by atoms with van der Waals surface area (Å²) in [5, 5.41) is 12.4. The molecule has 0 aromatic heterocycles. The highest BCUT2D eigenvalue weighted by Gasteiger charge is 2.23. The lowest BCUT2D eigenvalue weighted by Gasteiger charge is -2.31. The van der Waals surface area contributed by atoms with Gasteiger partial charge in [0.05, 0.1) is 0 Å². The number of hydrogen-bond acceptors (Lipinski definition) is 2. The first-order valence-electron chi connectivity index (χ1n) is 6.10. The number of amides is 1. The Hall–Kier alpha value is -1.62. The molecule has 0 spiro atoms. The molecule has 0 aliphatic rings. The van der Waals surface area contributed by atoms with Gasteiger partial charge in [-0.15, -0.1) is 0 Å².